The van der Waals surface area contributed by atoms with Gasteiger partial charge in [-0.3, -0.25) is 10.1 Å². The second kappa shape index (κ2) is 6.83. The van der Waals surface area contributed by atoms with E-state index >= 15 is 0 Å². The molecule has 2 atom stereocenters. The van der Waals surface area contributed by atoms with E-state index < -0.39 is 12.0 Å². The predicted octanol–water partition coefficient (Wildman–Crippen LogP) is 2.95. The average Bonchev–Trinajstić information content (AvgIpc) is 2.81. The lowest BCUT2D eigenvalue weighted by Crippen LogP contribution is -2.37. The first-order chi connectivity index (χ1) is 9.47. The van der Waals surface area contributed by atoms with Crippen LogP contribution >= 0.6 is 27.7 Å². The van der Waals surface area contributed by atoms with Gasteiger partial charge < -0.3 is 9.84 Å². The summed E-state index contributed by atoms with van der Waals surface area (Å²) in [6, 6.07) is 3.69. The number of nitrogens with one attached hydrogen (secondary N) is 1. The molecule has 1 fully saturated rings. The van der Waals surface area contributed by atoms with Crippen molar-refractivity contribution in [3.8, 4) is 5.75 Å². The number of ether oxygens (including phenoxy) is 1. The van der Waals surface area contributed by atoms with Crippen molar-refractivity contribution in [2.45, 2.75) is 31.7 Å². The maximum absolute atomic E-state index is 10.9. The van der Waals surface area contributed by atoms with Crippen LogP contribution in [0.1, 0.15) is 17.5 Å². The lowest BCUT2D eigenvalue weighted by molar-refractivity contribution is -0.138. The monoisotopic (exact) mass is 359 g/mol. The van der Waals surface area contributed by atoms with Gasteiger partial charge in [0.25, 0.3) is 0 Å². The highest BCUT2D eigenvalue weighted by molar-refractivity contribution is 9.10. The summed E-state index contributed by atoms with van der Waals surface area (Å²) < 4.78 is 6.80. The molecule has 1 aromatic carbocycles. The van der Waals surface area contributed by atoms with Gasteiger partial charge in [-0.1, -0.05) is 6.07 Å². The summed E-state index contributed by atoms with van der Waals surface area (Å²) in [5.41, 5.74) is 2.30. The van der Waals surface area contributed by atoms with E-state index in [1.54, 1.807) is 11.8 Å². The zero-order chi connectivity index (χ0) is 14.7. The topological polar surface area (TPSA) is 58.6 Å². The molecule has 2 N–H and O–H groups in total. The molecule has 20 heavy (non-hydrogen) atoms. The maximum Gasteiger partial charge on any atom is 0.321 e. The Balaban J connectivity index is 1.84. The SMILES string of the molecule is Cc1cc(C)c(OCCC2NC(C(=O)O)CS2)c(Br)c1. The molecule has 0 spiro atoms. The standard InChI is InChI=1S/C14H18BrNO3S/c1-8-5-9(2)13(10(15)6-8)19-4-3-12-16-11(7-20-12)14(17)18/h5-6,11-12,16H,3-4,7H2,1-2H3,(H,17,18). The Morgan fingerprint density at radius 3 is 2.90 bits per heavy atom. The van der Waals surface area contributed by atoms with Crippen molar-refractivity contribution in [2.75, 3.05) is 12.4 Å². The average molecular weight is 360 g/mol. The molecule has 0 bridgehead atoms. The van der Waals surface area contributed by atoms with E-state index in [2.05, 4.69) is 27.3 Å². The smallest absolute Gasteiger partial charge is 0.321 e. The van der Waals surface area contributed by atoms with Crippen molar-refractivity contribution < 1.29 is 14.6 Å². The third-order valence-corrected chi connectivity index (χ3v) is 5.04. The van der Waals surface area contributed by atoms with Crippen molar-refractivity contribution >= 4 is 33.7 Å². The van der Waals surface area contributed by atoms with Crippen LogP contribution in [0.2, 0.25) is 0 Å². The van der Waals surface area contributed by atoms with E-state index in [0.29, 0.717) is 12.4 Å². The summed E-state index contributed by atoms with van der Waals surface area (Å²) in [6.07, 6.45) is 0.786. The summed E-state index contributed by atoms with van der Waals surface area (Å²) in [5, 5.41) is 12.2. The number of hydrogen-bond acceptors (Lipinski definition) is 4. The highest BCUT2D eigenvalue weighted by atomic mass is 79.9. The second-order valence-electron chi connectivity index (χ2n) is 4.91. The summed E-state index contributed by atoms with van der Waals surface area (Å²) in [7, 11) is 0. The van der Waals surface area contributed by atoms with Crippen LogP contribution in [-0.2, 0) is 4.79 Å². The van der Waals surface area contributed by atoms with Crippen LogP contribution in [0.4, 0.5) is 0 Å². The van der Waals surface area contributed by atoms with Gasteiger partial charge in [-0.2, -0.15) is 0 Å². The Morgan fingerprint density at radius 2 is 2.30 bits per heavy atom. The van der Waals surface area contributed by atoms with Crippen molar-refractivity contribution in [2.24, 2.45) is 0 Å². The number of carbonyl (C=O) groups is 1. The van der Waals surface area contributed by atoms with Crippen LogP contribution in [0.5, 0.6) is 5.75 Å². The van der Waals surface area contributed by atoms with Crippen LogP contribution in [0.3, 0.4) is 0 Å². The number of hydrogen-bond donors (Lipinski definition) is 2. The number of carboxylic acid groups (broad SMARTS) is 1. The molecule has 0 radical (unpaired) electrons. The molecule has 1 heterocycles. The predicted molar refractivity (Wildman–Crippen MR) is 84.5 cm³/mol. The third kappa shape index (κ3) is 3.90. The Kier molecular flexibility index (Phi) is 5.35. The first kappa shape index (κ1) is 15.7. The molecule has 1 aliphatic rings. The molecule has 1 aliphatic heterocycles. The van der Waals surface area contributed by atoms with Gasteiger partial charge in [0.15, 0.2) is 0 Å². The highest BCUT2D eigenvalue weighted by Crippen LogP contribution is 2.30. The summed E-state index contributed by atoms with van der Waals surface area (Å²) >= 11 is 5.16. The van der Waals surface area contributed by atoms with Gasteiger partial charge in [-0.15, -0.1) is 11.8 Å². The molecule has 6 heteroatoms. The first-order valence-electron chi connectivity index (χ1n) is 6.47. The zero-order valence-corrected chi connectivity index (χ0v) is 13.9. The minimum atomic E-state index is -0.780. The Hall–Kier alpha value is -0.720. The van der Waals surface area contributed by atoms with Crippen LogP contribution < -0.4 is 10.1 Å². The second-order valence-corrected chi connectivity index (χ2v) is 7.00. The van der Waals surface area contributed by atoms with Crippen LogP contribution in [-0.4, -0.2) is 34.9 Å². The zero-order valence-electron chi connectivity index (χ0n) is 11.5. The minimum absolute atomic E-state index is 0.153. The number of aliphatic carboxylic acids is 1. The minimum Gasteiger partial charge on any atom is -0.492 e. The quantitative estimate of drug-likeness (QED) is 0.846. The molecule has 0 saturated carbocycles. The molecule has 2 rings (SSSR count). The van der Waals surface area contributed by atoms with Crippen molar-refractivity contribution in [3.63, 3.8) is 0 Å². The van der Waals surface area contributed by atoms with Gasteiger partial charge in [-0.25, -0.2) is 0 Å². The normalized spacial score (nSPS) is 21.9. The highest BCUT2D eigenvalue weighted by Gasteiger charge is 2.29. The fourth-order valence-electron chi connectivity index (χ4n) is 2.20. The number of benzene rings is 1. The van der Waals surface area contributed by atoms with Crippen LogP contribution in [0, 0.1) is 13.8 Å². The fraction of sp³-hybridized carbons (Fsp3) is 0.500. The molecule has 0 aliphatic carbocycles. The molecular formula is C14H18BrNO3S. The Bertz CT molecular complexity index is 486. The number of aryl methyl sites for hydroxylation is 2. The van der Waals surface area contributed by atoms with E-state index in [4.69, 9.17) is 9.84 Å². The van der Waals surface area contributed by atoms with E-state index in [9.17, 15) is 4.79 Å². The summed E-state index contributed by atoms with van der Waals surface area (Å²) in [5.74, 6) is 0.708. The van der Waals surface area contributed by atoms with Gasteiger partial charge >= 0.3 is 5.97 Å². The molecule has 1 saturated heterocycles. The maximum atomic E-state index is 10.9. The van der Waals surface area contributed by atoms with Crippen LogP contribution in [0.15, 0.2) is 16.6 Å². The lowest BCUT2D eigenvalue weighted by Gasteiger charge is -2.15. The lowest BCUT2D eigenvalue weighted by atomic mass is 10.1. The molecule has 110 valence electrons. The fourth-order valence-corrected chi connectivity index (χ4v) is 4.17. The van der Waals surface area contributed by atoms with E-state index in [-0.39, 0.29) is 5.37 Å². The number of thioether (sulfide) groups is 1. The Morgan fingerprint density at radius 1 is 1.55 bits per heavy atom. The number of rotatable bonds is 5. The van der Waals surface area contributed by atoms with Gasteiger partial charge in [-0.05, 0) is 47.0 Å². The van der Waals surface area contributed by atoms with Crippen molar-refractivity contribution in [3.05, 3.63) is 27.7 Å². The van der Waals surface area contributed by atoms with Gasteiger partial charge in [0.2, 0.25) is 0 Å². The van der Waals surface area contributed by atoms with E-state index in [1.165, 1.54) is 5.56 Å². The van der Waals surface area contributed by atoms with Gasteiger partial charge in [0, 0.05) is 12.2 Å². The van der Waals surface area contributed by atoms with Crippen molar-refractivity contribution in [1.29, 1.82) is 0 Å². The third-order valence-electron chi connectivity index (χ3n) is 3.15. The molecule has 4 nitrogen and oxygen atoms in total. The molecule has 1 aromatic rings. The largest absolute Gasteiger partial charge is 0.492 e. The molecule has 0 aromatic heterocycles. The summed E-state index contributed by atoms with van der Waals surface area (Å²) in [4.78, 5) is 10.9. The summed E-state index contributed by atoms with van der Waals surface area (Å²) in [6.45, 7) is 4.64. The number of halogens is 1. The molecular weight excluding hydrogens is 342 g/mol. The molecule has 0 amide bonds. The van der Waals surface area contributed by atoms with E-state index in [1.807, 2.05) is 19.9 Å². The van der Waals surface area contributed by atoms with Gasteiger partial charge in [0.1, 0.15) is 11.8 Å². The van der Waals surface area contributed by atoms with Gasteiger partial charge in [0.05, 0.1) is 16.5 Å². The number of carboxylic acids is 1. The molecule has 2 unspecified atom stereocenters. The Labute approximate surface area is 131 Å². The van der Waals surface area contributed by atoms with Crippen LogP contribution in [0.25, 0.3) is 0 Å². The van der Waals surface area contributed by atoms with E-state index in [0.717, 1.165) is 22.2 Å². The first-order valence-corrected chi connectivity index (χ1v) is 8.31. The van der Waals surface area contributed by atoms with Crippen molar-refractivity contribution in [1.82, 2.24) is 5.32 Å².